The SMILES string of the molecule is COc1ccc(Cl)cc1C(=O)NCC(C)c1ccc(OCCCC(C)(C)C(=O)O)cc1. The summed E-state index contributed by atoms with van der Waals surface area (Å²) in [5.41, 5.74) is 0.720. The highest BCUT2D eigenvalue weighted by Gasteiger charge is 2.26. The second-order valence-electron chi connectivity index (χ2n) is 8.17. The molecule has 31 heavy (non-hydrogen) atoms. The molecule has 2 aromatic rings. The van der Waals surface area contributed by atoms with Crippen LogP contribution in [0.3, 0.4) is 0 Å². The summed E-state index contributed by atoms with van der Waals surface area (Å²) in [6.45, 7) is 6.38. The largest absolute Gasteiger partial charge is 0.496 e. The molecule has 2 N–H and O–H groups in total. The Morgan fingerprint density at radius 2 is 1.84 bits per heavy atom. The van der Waals surface area contributed by atoms with E-state index in [2.05, 4.69) is 5.32 Å². The first kappa shape index (κ1) is 24.5. The molecule has 0 saturated carbocycles. The second-order valence-corrected chi connectivity index (χ2v) is 8.60. The third-order valence-electron chi connectivity index (χ3n) is 5.22. The van der Waals surface area contributed by atoms with Crippen LogP contribution < -0.4 is 14.8 Å². The van der Waals surface area contributed by atoms with Crippen molar-refractivity contribution in [3.8, 4) is 11.5 Å². The first-order valence-electron chi connectivity index (χ1n) is 10.2. The topological polar surface area (TPSA) is 84.9 Å². The molecule has 6 nitrogen and oxygen atoms in total. The first-order valence-corrected chi connectivity index (χ1v) is 10.6. The number of benzene rings is 2. The van der Waals surface area contributed by atoms with Crippen LogP contribution in [-0.4, -0.2) is 37.2 Å². The molecule has 0 saturated heterocycles. The van der Waals surface area contributed by atoms with E-state index in [0.717, 1.165) is 11.3 Å². The van der Waals surface area contributed by atoms with E-state index in [0.29, 0.717) is 42.3 Å². The van der Waals surface area contributed by atoms with Gasteiger partial charge in [0.05, 0.1) is 24.7 Å². The van der Waals surface area contributed by atoms with Crippen molar-refractivity contribution in [3.05, 3.63) is 58.6 Å². The van der Waals surface area contributed by atoms with Gasteiger partial charge in [0.15, 0.2) is 0 Å². The van der Waals surface area contributed by atoms with E-state index in [4.69, 9.17) is 26.2 Å². The molecule has 1 atom stereocenters. The molecule has 1 unspecified atom stereocenters. The van der Waals surface area contributed by atoms with Gasteiger partial charge in [-0.15, -0.1) is 0 Å². The standard InChI is InChI=1S/C24H30ClNO5/c1-16(15-26-22(27)20-14-18(25)8-11-21(20)30-4)17-6-9-19(10-7-17)31-13-5-12-24(2,3)23(28)29/h6-11,14,16H,5,12-13,15H2,1-4H3,(H,26,27)(H,28,29). The van der Waals surface area contributed by atoms with Crippen LogP contribution in [0, 0.1) is 5.41 Å². The number of carbonyl (C=O) groups is 2. The number of hydrogen-bond acceptors (Lipinski definition) is 4. The van der Waals surface area contributed by atoms with E-state index in [9.17, 15) is 9.59 Å². The number of carbonyl (C=O) groups excluding carboxylic acids is 1. The number of rotatable bonds is 11. The summed E-state index contributed by atoms with van der Waals surface area (Å²) in [5.74, 6) is 0.265. The quantitative estimate of drug-likeness (QED) is 0.465. The minimum Gasteiger partial charge on any atom is -0.496 e. The maximum absolute atomic E-state index is 12.5. The van der Waals surface area contributed by atoms with Crippen molar-refractivity contribution in [2.24, 2.45) is 5.41 Å². The van der Waals surface area contributed by atoms with Crippen molar-refractivity contribution in [1.82, 2.24) is 5.32 Å². The highest BCUT2D eigenvalue weighted by atomic mass is 35.5. The summed E-state index contributed by atoms with van der Waals surface area (Å²) in [5, 5.41) is 12.5. The molecular formula is C24H30ClNO5. The molecular weight excluding hydrogens is 418 g/mol. The summed E-state index contributed by atoms with van der Waals surface area (Å²) in [7, 11) is 1.51. The van der Waals surface area contributed by atoms with Crippen LogP contribution >= 0.6 is 11.6 Å². The summed E-state index contributed by atoms with van der Waals surface area (Å²) in [6.07, 6.45) is 1.21. The molecule has 0 aromatic heterocycles. The van der Waals surface area contributed by atoms with Crippen molar-refractivity contribution in [1.29, 1.82) is 0 Å². The predicted molar refractivity (Wildman–Crippen MR) is 121 cm³/mol. The molecule has 0 aliphatic carbocycles. The van der Waals surface area contributed by atoms with Gasteiger partial charge in [-0.05, 0) is 68.5 Å². The number of carboxylic acid groups (broad SMARTS) is 1. The summed E-state index contributed by atoms with van der Waals surface area (Å²) in [6, 6.07) is 12.6. The Bertz CT molecular complexity index is 895. The van der Waals surface area contributed by atoms with Crippen LogP contribution in [0.15, 0.2) is 42.5 Å². The van der Waals surface area contributed by atoms with Gasteiger partial charge in [0.2, 0.25) is 0 Å². The van der Waals surface area contributed by atoms with Crippen molar-refractivity contribution in [2.45, 2.75) is 39.5 Å². The van der Waals surface area contributed by atoms with Crippen LogP contribution in [0.2, 0.25) is 5.02 Å². The number of nitrogens with one attached hydrogen (secondary N) is 1. The molecule has 0 spiro atoms. The normalized spacial score (nSPS) is 12.2. The number of hydrogen-bond donors (Lipinski definition) is 2. The zero-order valence-corrected chi connectivity index (χ0v) is 19.2. The van der Waals surface area contributed by atoms with Gasteiger partial charge >= 0.3 is 5.97 Å². The Morgan fingerprint density at radius 3 is 2.45 bits per heavy atom. The molecule has 168 valence electrons. The lowest BCUT2D eigenvalue weighted by atomic mass is 9.88. The van der Waals surface area contributed by atoms with Gasteiger partial charge in [0, 0.05) is 11.6 Å². The molecule has 0 heterocycles. The average Bonchev–Trinajstić information content (AvgIpc) is 2.75. The van der Waals surface area contributed by atoms with Gasteiger partial charge in [0.1, 0.15) is 11.5 Å². The fraction of sp³-hybridized carbons (Fsp3) is 0.417. The molecule has 2 rings (SSSR count). The van der Waals surface area contributed by atoms with Crippen LogP contribution in [0.4, 0.5) is 0 Å². The van der Waals surface area contributed by atoms with Crippen LogP contribution in [-0.2, 0) is 4.79 Å². The smallest absolute Gasteiger partial charge is 0.309 e. The number of amides is 1. The number of aliphatic carboxylic acids is 1. The van der Waals surface area contributed by atoms with Crippen LogP contribution in [0.5, 0.6) is 11.5 Å². The molecule has 7 heteroatoms. The Labute approximate surface area is 188 Å². The van der Waals surface area contributed by atoms with E-state index in [1.807, 2.05) is 31.2 Å². The molecule has 2 aromatic carbocycles. The maximum atomic E-state index is 12.5. The average molecular weight is 448 g/mol. The third-order valence-corrected chi connectivity index (χ3v) is 5.45. The van der Waals surface area contributed by atoms with Crippen molar-refractivity contribution >= 4 is 23.5 Å². The molecule has 0 radical (unpaired) electrons. The number of carboxylic acids is 1. The zero-order chi connectivity index (χ0) is 23.0. The number of ether oxygens (including phenoxy) is 2. The fourth-order valence-electron chi connectivity index (χ4n) is 3.02. The number of methoxy groups -OCH3 is 1. The van der Waals surface area contributed by atoms with E-state index in [1.165, 1.54) is 7.11 Å². The molecule has 0 aliphatic heterocycles. The van der Waals surface area contributed by atoms with Crippen LogP contribution in [0.25, 0.3) is 0 Å². The fourth-order valence-corrected chi connectivity index (χ4v) is 3.19. The summed E-state index contributed by atoms with van der Waals surface area (Å²) in [4.78, 5) is 23.6. The first-order chi connectivity index (χ1) is 14.6. The van der Waals surface area contributed by atoms with Gasteiger partial charge in [-0.1, -0.05) is 30.7 Å². The highest BCUT2D eigenvalue weighted by molar-refractivity contribution is 6.31. The van der Waals surface area contributed by atoms with E-state index >= 15 is 0 Å². The Hall–Kier alpha value is -2.73. The van der Waals surface area contributed by atoms with E-state index in [1.54, 1.807) is 32.0 Å². The van der Waals surface area contributed by atoms with Gasteiger partial charge in [-0.2, -0.15) is 0 Å². The lowest BCUT2D eigenvalue weighted by Gasteiger charge is -2.18. The second kappa shape index (κ2) is 11.0. The van der Waals surface area contributed by atoms with Crippen molar-refractivity contribution in [3.63, 3.8) is 0 Å². The number of halogens is 1. The highest BCUT2D eigenvalue weighted by Crippen LogP contribution is 2.24. The van der Waals surface area contributed by atoms with Crippen molar-refractivity contribution < 1.29 is 24.2 Å². The Morgan fingerprint density at radius 1 is 1.16 bits per heavy atom. The van der Waals surface area contributed by atoms with E-state index < -0.39 is 11.4 Å². The summed E-state index contributed by atoms with van der Waals surface area (Å²) >= 11 is 6.00. The van der Waals surface area contributed by atoms with E-state index in [-0.39, 0.29) is 11.8 Å². The van der Waals surface area contributed by atoms with Gasteiger partial charge in [-0.25, -0.2) is 0 Å². The van der Waals surface area contributed by atoms with Gasteiger partial charge < -0.3 is 19.9 Å². The van der Waals surface area contributed by atoms with Crippen molar-refractivity contribution in [2.75, 3.05) is 20.3 Å². The van der Waals surface area contributed by atoms with Gasteiger partial charge in [0.25, 0.3) is 5.91 Å². The molecule has 1 amide bonds. The zero-order valence-electron chi connectivity index (χ0n) is 18.4. The minimum atomic E-state index is -0.799. The summed E-state index contributed by atoms with van der Waals surface area (Å²) < 4.78 is 11.0. The molecule has 0 aliphatic rings. The maximum Gasteiger partial charge on any atom is 0.309 e. The monoisotopic (exact) mass is 447 g/mol. The minimum absolute atomic E-state index is 0.0968. The molecule has 0 fully saturated rings. The van der Waals surface area contributed by atoms with Gasteiger partial charge in [-0.3, -0.25) is 9.59 Å². The lowest BCUT2D eigenvalue weighted by molar-refractivity contribution is -0.147. The molecule has 0 bridgehead atoms. The van der Waals surface area contributed by atoms with Crippen LogP contribution in [0.1, 0.15) is 55.5 Å². The predicted octanol–water partition coefficient (Wildman–Crippen LogP) is 5.15. The third kappa shape index (κ3) is 7.17. The lowest BCUT2D eigenvalue weighted by Crippen LogP contribution is -2.27. The Balaban J connectivity index is 1.84. The Kier molecular flexibility index (Phi) is 8.75.